The van der Waals surface area contributed by atoms with Gasteiger partial charge >= 0.3 is 0 Å². The lowest BCUT2D eigenvalue weighted by atomic mass is 10.0. The molecule has 1 atom stereocenters. The van der Waals surface area contributed by atoms with Crippen molar-refractivity contribution in [2.24, 2.45) is 0 Å². The van der Waals surface area contributed by atoms with Crippen LogP contribution in [0.25, 0.3) is 10.1 Å². The van der Waals surface area contributed by atoms with Gasteiger partial charge in [0.2, 0.25) is 5.91 Å². The van der Waals surface area contributed by atoms with Gasteiger partial charge in [-0.05, 0) is 30.7 Å². The molecule has 162 valence electrons. The number of thiophene rings is 1. The van der Waals surface area contributed by atoms with Crippen LogP contribution in [-0.4, -0.2) is 79.2 Å². The van der Waals surface area contributed by atoms with Crippen molar-refractivity contribution in [2.45, 2.75) is 25.4 Å². The van der Waals surface area contributed by atoms with Crippen molar-refractivity contribution in [1.82, 2.24) is 15.1 Å². The van der Waals surface area contributed by atoms with E-state index in [1.54, 1.807) is 0 Å². The maximum atomic E-state index is 12.8. The topological polar surface area (TPSA) is 82.1 Å². The summed E-state index contributed by atoms with van der Waals surface area (Å²) >= 11 is 1.45. The van der Waals surface area contributed by atoms with Gasteiger partial charge in [0.05, 0.1) is 30.7 Å². The fourth-order valence-corrected chi connectivity index (χ4v) is 5.43. The van der Waals surface area contributed by atoms with Crippen LogP contribution in [0, 0.1) is 0 Å². The molecule has 0 radical (unpaired) electrons. The summed E-state index contributed by atoms with van der Waals surface area (Å²) in [6, 6.07) is 7.95. The molecule has 2 aliphatic rings. The van der Waals surface area contributed by atoms with Crippen molar-refractivity contribution in [3.8, 4) is 0 Å². The van der Waals surface area contributed by atoms with Crippen LogP contribution in [0.2, 0.25) is 0 Å². The first-order valence-electron chi connectivity index (χ1n) is 10.7. The predicted molar refractivity (Wildman–Crippen MR) is 117 cm³/mol. The van der Waals surface area contributed by atoms with Crippen molar-refractivity contribution in [1.29, 1.82) is 0 Å². The average molecular weight is 432 g/mol. The minimum absolute atomic E-state index is 0.0989. The van der Waals surface area contributed by atoms with Gasteiger partial charge in [-0.25, -0.2) is 0 Å². The molecule has 0 unspecified atom stereocenters. The Kier molecular flexibility index (Phi) is 6.99. The smallest absolute Gasteiger partial charge is 0.261 e. The van der Waals surface area contributed by atoms with E-state index in [9.17, 15) is 9.59 Å². The molecule has 2 aliphatic heterocycles. The SMILES string of the molecule is O=C(NCCO)c1sc2ccccc2c1[C@H]1CN(CC(=O)N2CCCCC2)CCO1. The van der Waals surface area contributed by atoms with Crippen LogP contribution in [0.1, 0.15) is 40.6 Å². The number of carbonyl (C=O) groups is 2. The fourth-order valence-electron chi connectivity index (χ4n) is 4.26. The second-order valence-corrected chi connectivity index (χ2v) is 8.91. The third-order valence-corrected chi connectivity index (χ3v) is 6.96. The number of hydrogen-bond donors (Lipinski definition) is 2. The summed E-state index contributed by atoms with van der Waals surface area (Å²) in [7, 11) is 0. The third-order valence-electron chi connectivity index (χ3n) is 5.78. The van der Waals surface area contributed by atoms with Crippen LogP contribution in [0.4, 0.5) is 0 Å². The van der Waals surface area contributed by atoms with Gasteiger partial charge in [0.15, 0.2) is 0 Å². The van der Waals surface area contributed by atoms with E-state index < -0.39 is 0 Å². The lowest BCUT2D eigenvalue weighted by Crippen LogP contribution is -2.47. The number of likely N-dealkylation sites (tertiary alicyclic amines) is 1. The van der Waals surface area contributed by atoms with Gasteiger partial charge in [-0.3, -0.25) is 14.5 Å². The van der Waals surface area contributed by atoms with E-state index >= 15 is 0 Å². The molecule has 1 aromatic heterocycles. The number of nitrogens with zero attached hydrogens (tertiary/aromatic N) is 2. The van der Waals surface area contributed by atoms with Crippen molar-refractivity contribution in [3.63, 3.8) is 0 Å². The number of carbonyl (C=O) groups excluding carboxylic acids is 2. The molecule has 3 heterocycles. The van der Waals surface area contributed by atoms with E-state index in [-0.39, 0.29) is 31.1 Å². The number of rotatable bonds is 6. The van der Waals surface area contributed by atoms with Crippen LogP contribution in [0.3, 0.4) is 0 Å². The molecule has 30 heavy (non-hydrogen) atoms. The molecule has 0 spiro atoms. The third kappa shape index (κ3) is 4.67. The molecule has 0 aliphatic carbocycles. The summed E-state index contributed by atoms with van der Waals surface area (Å²) in [5.74, 6) is -0.00296. The zero-order valence-corrected chi connectivity index (χ0v) is 18.0. The van der Waals surface area contributed by atoms with Crippen molar-refractivity contribution < 1.29 is 19.4 Å². The fraction of sp³-hybridized carbons (Fsp3) is 0.545. The van der Waals surface area contributed by atoms with Crippen molar-refractivity contribution in [2.75, 3.05) is 52.5 Å². The van der Waals surface area contributed by atoms with Gasteiger partial charge in [-0.15, -0.1) is 11.3 Å². The summed E-state index contributed by atoms with van der Waals surface area (Å²) in [6.45, 7) is 4.05. The number of piperidine rings is 1. The van der Waals surface area contributed by atoms with Crippen LogP contribution in [-0.2, 0) is 9.53 Å². The van der Waals surface area contributed by atoms with E-state index in [0.717, 1.165) is 41.6 Å². The summed E-state index contributed by atoms with van der Waals surface area (Å²) in [5.41, 5.74) is 0.890. The molecule has 0 saturated carbocycles. The molecular formula is C22H29N3O4S. The summed E-state index contributed by atoms with van der Waals surface area (Å²) in [5, 5.41) is 12.9. The maximum absolute atomic E-state index is 12.8. The van der Waals surface area contributed by atoms with Gasteiger partial charge in [0, 0.05) is 43.0 Å². The monoisotopic (exact) mass is 431 g/mol. The van der Waals surface area contributed by atoms with E-state index in [4.69, 9.17) is 9.84 Å². The Morgan fingerprint density at radius 1 is 1.17 bits per heavy atom. The van der Waals surface area contributed by atoms with Crippen molar-refractivity contribution >= 4 is 33.2 Å². The summed E-state index contributed by atoms with van der Waals surface area (Å²) in [6.07, 6.45) is 3.12. The van der Waals surface area contributed by atoms with Crippen molar-refractivity contribution in [3.05, 3.63) is 34.7 Å². The van der Waals surface area contributed by atoms with E-state index in [1.165, 1.54) is 17.8 Å². The quantitative estimate of drug-likeness (QED) is 0.731. The van der Waals surface area contributed by atoms with Gasteiger partial charge in [-0.2, -0.15) is 0 Å². The van der Waals surface area contributed by atoms with E-state index in [2.05, 4.69) is 10.2 Å². The molecule has 1 aromatic carbocycles. The Morgan fingerprint density at radius 3 is 2.77 bits per heavy atom. The van der Waals surface area contributed by atoms with E-state index in [0.29, 0.717) is 31.1 Å². The molecular weight excluding hydrogens is 402 g/mol. The number of fused-ring (bicyclic) bond motifs is 1. The minimum atomic E-state index is -0.265. The summed E-state index contributed by atoms with van der Waals surface area (Å²) in [4.78, 5) is 30.2. The Bertz CT molecular complexity index is 894. The normalized spacial score (nSPS) is 20.4. The first-order valence-corrected chi connectivity index (χ1v) is 11.5. The minimum Gasteiger partial charge on any atom is -0.395 e. The number of aliphatic hydroxyl groups is 1. The number of ether oxygens (including phenoxy) is 1. The van der Waals surface area contributed by atoms with E-state index in [1.807, 2.05) is 29.2 Å². The zero-order chi connectivity index (χ0) is 20.9. The lowest BCUT2D eigenvalue weighted by Gasteiger charge is -2.35. The number of morpholine rings is 1. The first kappa shape index (κ1) is 21.2. The van der Waals surface area contributed by atoms with Gasteiger partial charge < -0.3 is 20.1 Å². The van der Waals surface area contributed by atoms with Crippen LogP contribution < -0.4 is 5.32 Å². The van der Waals surface area contributed by atoms with Gasteiger partial charge in [0.25, 0.3) is 5.91 Å². The molecule has 2 N–H and O–H groups in total. The zero-order valence-electron chi connectivity index (χ0n) is 17.1. The average Bonchev–Trinajstić information content (AvgIpc) is 3.18. The van der Waals surface area contributed by atoms with Crippen LogP contribution in [0.5, 0.6) is 0 Å². The first-order chi connectivity index (χ1) is 14.7. The molecule has 2 fully saturated rings. The second kappa shape index (κ2) is 9.87. The molecule has 4 rings (SSSR count). The van der Waals surface area contributed by atoms with Crippen LogP contribution >= 0.6 is 11.3 Å². The Hall–Kier alpha value is -2.00. The highest BCUT2D eigenvalue weighted by Crippen LogP contribution is 2.38. The number of amides is 2. The predicted octanol–water partition coefficient (Wildman–Crippen LogP) is 2.01. The molecule has 8 heteroatoms. The number of benzene rings is 1. The highest BCUT2D eigenvalue weighted by molar-refractivity contribution is 7.21. The number of hydrogen-bond acceptors (Lipinski definition) is 6. The molecule has 0 bridgehead atoms. The summed E-state index contributed by atoms with van der Waals surface area (Å²) < 4.78 is 7.13. The molecule has 2 amide bonds. The Labute approximate surface area is 180 Å². The molecule has 2 saturated heterocycles. The van der Waals surface area contributed by atoms with Gasteiger partial charge in [-0.1, -0.05) is 18.2 Å². The second-order valence-electron chi connectivity index (χ2n) is 7.86. The highest BCUT2D eigenvalue weighted by Gasteiger charge is 2.31. The highest BCUT2D eigenvalue weighted by atomic mass is 32.1. The Balaban J connectivity index is 1.53. The lowest BCUT2D eigenvalue weighted by molar-refractivity contribution is -0.135. The van der Waals surface area contributed by atoms with Gasteiger partial charge in [0.1, 0.15) is 0 Å². The Morgan fingerprint density at radius 2 is 1.97 bits per heavy atom. The largest absolute Gasteiger partial charge is 0.395 e. The molecule has 2 aromatic rings. The maximum Gasteiger partial charge on any atom is 0.261 e. The number of nitrogens with one attached hydrogen (secondary N) is 1. The van der Waals surface area contributed by atoms with Crippen LogP contribution in [0.15, 0.2) is 24.3 Å². The standard InChI is InChI=1S/C22H29N3O4S/c26-12-8-23-22(28)21-20(16-6-2-3-7-18(16)30-21)17-14-24(11-13-29-17)15-19(27)25-9-4-1-5-10-25/h2-3,6-7,17,26H,1,4-5,8-15H2,(H,23,28)/t17-/m1/s1. The number of aliphatic hydroxyl groups excluding tert-OH is 1. The molecule has 7 nitrogen and oxygen atoms in total.